The maximum absolute atomic E-state index is 12.9. The summed E-state index contributed by atoms with van der Waals surface area (Å²) >= 11 is 0. The van der Waals surface area contributed by atoms with Crippen LogP contribution in [0.4, 0.5) is 16.2 Å². The van der Waals surface area contributed by atoms with Crippen LogP contribution in [0, 0.1) is 0 Å². The molecule has 0 radical (unpaired) electrons. The van der Waals surface area contributed by atoms with Crippen molar-refractivity contribution in [1.82, 2.24) is 10.6 Å². The Morgan fingerprint density at radius 1 is 0.667 bits per heavy atom. The summed E-state index contributed by atoms with van der Waals surface area (Å²) in [6.07, 6.45) is 17.9. The van der Waals surface area contributed by atoms with Gasteiger partial charge in [-0.25, -0.2) is 38.5 Å². The number of carbonyl (C=O) groups excluding carboxylic acids is 2. The number of unbranched alkanes of at least 4 members (excludes halogenated alkanes) is 1. The minimum atomic E-state index is -4.92. The molecule has 0 saturated heterocycles. The van der Waals surface area contributed by atoms with Crippen molar-refractivity contribution in [2.45, 2.75) is 118 Å². The number of anilines is 1. The van der Waals surface area contributed by atoms with Crippen molar-refractivity contribution >= 4 is 69.6 Å². The van der Waals surface area contributed by atoms with E-state index >= 15 is 0 Å². The Bertz CT molecular complexity index is 3100. The van der Waals surface area contributed by atoms with Crippen molar-refractivity contribution in [3.05, 3.63) is 95.8 Å². The van der Waals surface area contributed by atoms with E-state index in [0.717, 1.165) is 44.2 Å². The van der Waals surface area contributed by atoms with Gasteiger partial charge in [-0.15, -0.1) is 0 Å². The number of amides is 2. The Labute approximate surface area is 623 Å². The SMILES string of the molecule is CC1(C)C(/C=C/C=C/C=C2/N(CCCS(=O)(=O)[O-])c3ccc(S(=O)(=O)[O-])cc3C2(C)CCCCC(=O)NCCOCCOCCOCCOCCNC(=O)OC2CC/C=C/CCC2)=[N+](CCCS(=O)(=O)[O-])c2ccc(S(=O)(=O)[O-])cc21.[K+].[K+].[K+]. The molecule has 2 unspecified atom stereocenters. The number of allylic oxidation sites excluding steroid dienone is 8. The van der Waals surface area contributed by atoms with Gasteiger partial charge in [0.1, 0.15) is 32.9 Å². The summed E-state index contributed by atoms with van der Waals surface area (Å²) in [4.78, 5) is 25.8. The van der Waals surface area contributed by atoms with E-state index in [1.165, 1.54) is 24.3 Å². The molecule has 2 atom stereocenters. The fraction of sp³-hybridized carbons (Fsp3) is 0.574. The molecule has 3 aliphatic rings. The topological polar surface area (TPSA) is 339 Å². The van der Waals surface area contributed by atoms with E-state index < -0.39 is 78.7 Å². The first-order chi connectivity index (χ1) is 38.2. The third kappa shape index (κ3) is 27.1. The average molecular weight is 1330 g/mol. The second-order valence-electron chi connectivity index (χ2n) is 20.4. The van der Waals surface area contributed by atoms with Crippen LogP contribution < -0.4 is 170 Å². The smallest absolute Gasteiger partial charge is 0.748 e. The molecular weight excluding hydrogens is 1250 g/mol. The van der Waals surface area contributed by atoms with Crippen LogP contribution in [-0.2, 0) is 79.8 Å². The van der Waals surface area contributed by atoms with Gasteiger partial charge < -0.3 is 57.4 Å². The van der Waals surface area contributed by atoms with E-state index in [9.17, 15) is 61.5 Å². The van der Waals surface area contributed by atoms with Gasteiger partial charge in [0, 0.05) is 78.5 Å². The number of rotatable bonds is 34. The molecular formula is C54H75K3N4O19S4. The number of nitrogens with one attached hydrogen (secondary N) is 2. The van der Waals surface area contributed by atoms with Gasteiger partial charge in [0.15, 0.2) is 5.71 Å². The van der Waals surface area contributed by atoms with Crippen molar-refractivity contribution in [2.24, 2.45) is 0 Å². The first kappa shape index (κ1) is 80.1. The maximum Gasteiger partial charge on any atom is 1.00 e. The minimum absolute atomic E-state index is 0. The predicted molar refractivity (Wildman–Crippen MR) is 296 cm³/mol. The number of hydrogen-bond donors (Lipinski definition) is 2. The molecule has 30 heteroatoms. The first-order valence-corrected chi connectivity index (χ1v) is 32.9. The van der Waals surface area contributed by atoms with Gasteiger partial charge >= 0.3 is 160 Å². The molecule has 0 spiro atoms. The number of alkyl carbamates (subject to hydrolysis) is 1. The third-order valence-electron chi connectivity index (χ3n) is 14.0. The summed E-state index contributed by atoms with van der Waals surface area (Å²) in [5, 5.41) is 5.53. The van der Waals surface area contributed by atoms with E-state index in [2.05, 4.69) is 22.8 Å². The van der Waals surface area contributed by atoms with Crippen molar-refractivity contribution < 1.29 is 244 Å². The first-order valence-electron chi connectivity index (χ1n) is 26.9. The molecule has 2 aromatic rings. The normalized spacial score (nSPS) is 18.8. The monoisotopic (exact) mass is 1330 g/mol. The van der Waals surface area contributed by atoms with Crippen molar-refractivity contribution in [1.29, 1.82) is 0 Å². The van der Waals surface area contributed by atoms with Crippen LogP contribution in [0.25, 0.3) is 0 Å². The fourth-order valence-corrected chi connectivity index (χ4v) is 11.9. The van der Waals surface area contributed by atoms with Crippen LogP contribution in [0.5, 0.6) is 0 Å². The van der Waals surface area contributed by atoms with Crippen molar-refractivity contribution in [2.75, 3.05) is 95.4 Å². The largest absolute Gasteiger partial charge is 1.00 e. The molecule has 2 aromatic carbocycles. The van der Waals surface area contributed by atoms with Crippen LogP contribution in [0.3, 0.4) is 0 Å². The Morgan fingerprint density at radius 3 is 1.83 bits per heavy atom. The zero-order valence-corrected chi connectivity index (χ0v) is 61.7. The Balaban J connectivity index is 0.00000803. The predicted octanol–water partition coefficient (Wildman–Crippen LogP) is -4.11. The Hall–Kier alpha value is -0.000909. The standard InChI is InChI=1S/C54H78N4O19S4.3K/c1-53(2)45-40-43(80(67,68)69)21-23-47(45)57(28-14-38-78(61,62)63)49(53)18-10-7-11-19-50-54(3,46-41-44(81(70,71)72)22-24-48(46)58(50)29-15-39-79(64,65)66)25-13-12-20-51(59)55-26-30-73-32-34-75-36-37-76-35-33-74-31-27-56-52(60)77-42-16-8-5-4-6-9-17-42;;;/h4-5,7,10-11,18-19,21-24,40-42H,6,8-9,12-17,20,25-39H2,1-3H3,(H5-,55,56,59,60,61,62,63,64,65,66,67,68,69,70,71,72);;;/q;3*+1/p-3/b5-4+;;;. The van der Waals surface area contributed by atoms with Crippen LogP contribution >= 0.6 is 0 Å². The number of nitrogens with zero attached hydrogens (tertiary/aromatic N) is 2. The van der Waals surface area contributed by atoms with Gasteiger partial charge in [-0.3, -0.25) is 4.79 Å². The summed E-state index contributed by atoms with van der Waals surface area (Å²) in [5.74, 6) is -1.57. The van der Waals surface area contributed by atoms with Gasteiger partial charge in [-0.1, -0.05) is 36.8 Å². The number of hydrogen-bond acceptors (Lipinski definition) is 20. The van der Waals surface area contributed by atoms with Gasteiger partial charge in [-0.2, -0.15) is 4.58 Å². The second kappa shape index (κ2) is 38.8. The Kier molecular flexibility index (Phi) is 37.0. The maximum atomic E-state index is 12.9. The second-order valence-corrected chi connectivity index (χ2v) is 26.2. The molecule has 5 rings (SSSR count). The van der Waals surface area contributed by atoms with Gasteiger partial charge in [0.2, 0.25) is 11.6 Å². The molecule has 84 heavy (non-hydrogen) atoms. The number of benzene rings is 2. The summed E-state index contributed by atoms with van der Waals surface area (Å²) in [5.41, 5.74) is 1.16. The molecule has 2 N–H and O–H groups in total. The third-order valence-corrected chi connectivity index (χ3v) is 17.2. The van der Waals surface area contributed by atoms with Gasteiger partial charge in [-0.05, 0) is 114 Å². The summed E-state index contributed by atoms with van der Waals surface area (Å²) in [7, 11) is -18.9. The van der Waals surface area contributed by atoms with Crippen LogP contribution in [0.1, 0.15) is 103 Å². The minimum Gasteiger partial charge on any atom is -0.748 e. The van der Waals surface area contributed by atoms with Crippen molar-refractivity contribution in [3.8, 4) is 0 Å². The van der Waals surface area contributed by atoms with Crippen LogP contribution in [0.2, 0.25) is 0 Å². The zero-order chi connectivity index (χ0) is 59.3. The zero-order valence-electron chi connectivity index (χ0n) is 49.0. The van der Waals surface area contributed by atoms with Crippen molar-refractivity contribution in [3.63, 3.8) is 0 Å². The molecule has 23 nitrogen and oxygen atoms in total. The summed E-state index contributed by atoms with van der Waals surface area (Å²) in [6.45, 7) is 8.65. The van der Waals surface area contributed by atoms with E-state index in [1.807, 2.05) is 6.92 Å². The number of fused-ring (bicyclic) bond motifs is 2. The molecule has 2 aliphatic heterocycles. The van der Waals surface area contributed by atoms with E-state index in [0.29, 0.717) is 106 Å². The molecule has 1 aliphatic carbocycles. The molecule has 0 saturated carbocycles. The fourth-order valence-electron chi connectivity index (χ4n) is 9.94. The molecule has 2 amide bonds. The molecule has 0 aromatic heterocycles. The quantitative estimate of drug-likeness (QED) is 0.0168. The molecule has 2 heterocycles. The van der Waals surface area contributed by atoms with Crippen LogP contribution in [-0.4, -0.2) is 171 Å². The summed E-state index contributed by atoms with van der Waals surface area (Å²) in [6, 6.07) is 7.78. The van der Waals surface area contributed by atoms with E-state index in [1.54, 1.807) is 53.7 Å². The van der Waals surface area contributed by atoms with E-state index in [-0.39, 0.29) is 212 Å². The number of carbonyl (C=O) groups is 2. The van der Waals surface area contributed by atoms with Crippen LogP contribution in [0.15, 0.2) is 94.4 Å². The summed E-state index contributed by atoms with van der Waals surface area (Å²) < 4.78 is 172. The molecule has 452 valence electrons. The Morgan fingerprint density at radius 2 is 1.23 bits per heavy atom. The van der Waals surface area contributed by atoms with Gasteiger partial charge in [0.25, 0.3) is 0 Å². The molecule has 0 fully saturated rings. The number of ether oxygens (including phenoxy) is 5. The average Bonchev–Trinajstić information content (AvgIpc) is 3.87. The molecule has 0 bridgehead atoms. The van der Waals surface area contributed by atoms with Gasteiger partial charge in [0.05, 0.1) is 88.3 Å². The van der Waals surface area contributed by atoms with E-state index in [4.69, 9.17) is 23.7 Å².